The molecule has 0 radical (unpaired) electrons. The number of piperidine rings is 1. The third-order valence-corrected chi connectivity index (χ3v) is 4.52. The number of aryl methyl sites for hydroxylation is 2. The molecule has 3 rings (SSSR count). The van der Waals surface area contributed by atoms with Crippen molar-refractivity contribution in [2.45, 2.75) is 39.7 Å². The van der Waals surface area contributed by atoms with Crippen molar-refractivity contribution in [1.82, 2.24) is 9.55 Å². The van der Waals surface area contributed by atoms with Crippen molar-refractivity contribution in [1.29, 1.82) is 0 Å². The molecule has 1 N–H and O–H groups in total. The Kier molecular flexibility index (Phi) is 5.35. The molecule has 2 heterocycles. The summed E-state index contributed by atoms with van der Waals surface area (Å²) in [4.78, 5) is 31.5. The second-order valence-electron chi connectivity index (χ2n) is 6.68. The van der Waals surface area contributed by atoms with Gasteiger partial charge >= 0.3 is 0 Å². The number of nitrogens with one attached hydrogen (secondary N) is 1. The summed E-state index contributed by atoms with van der Waals surface area (Å²) in [5.74, 6) is -0.154. The molecule has 1 amide bonds. The quantitative estimate of drug-likeness (QED) is 0.912. The molecule has 7 heteroatoms. The van der Waals surface area contributed by atoms with E-state index in [1.807, 2.05) is 0 Å². The van der Waals surface area contributed by atoms with Gasteiger partial charge in [0.25, 0.3) is 5.56 Å². The lowest BCUT2D eigenvalue weighted by Crippen LogP contribution is -2.38. The van der Waals surface area contributed by atoms with Crippen LogP contribution in [0.2, 0.25) is 0 Å². The average molecular weight is 358 g/mol. The largest absolute Gasteiger partial charge is 0.342 e. The summed E-state index contributed by atoms with van der Waals surface area (Å²) in [6.45, 7) is 5.02. The number of rotatable bonds is 4. The van der Waals surface area contributed by atoms with Crippen LogP contribution in [0.1, 0.15) is 30.5 Å². The summed E-state index contributed by atoms with van der Waals surface area (Å²) < 4.78 is 14.6. The van der Waals surface area contributed by atoms with Crippen LogP contribution >= 0.6 is 0 Å². The van der Waals surface area contributed by atoms with Gasteiger partial charge in [-0.15, -0.1) is 0 Å². The molecule has 0 unspecified atom stereocenters. The highest BCUT2D eigenvalue weighted by atomic mass is 19.1. The average Bonchev–Trinajstić information content (AvgIpc) is 2.60. The molecule has 26 heavy (non-hydrogen) atoms. The van der Waals surface area contributed by atoms with Gasteiger partial charge < -0.3 is 10.2 Å². The monoisotopic (exact) mass is 358 g/mol. The van der Waals surface area contributed by atoms with Gasteiger partial charge in [0.1, 0.15) is 12.4 Å². The minimum Gasteiger partial charge on any atom is -0.342 e. The Labute approximate surface area is 151 Å². The van der Waals surface area contributed by atoms with Gasteiger partial charge in [-0.25, -0.2) is 9.37 Å². The van der Waals surface area contributed by atoms with E-state index >= 15 is 0 Å². The van der Waals surface area contributed by atoms with Crippen molar-refractivity contribution in [3.05, 3.63) is 51.7 Å². The molecule has 1 saturated heterocycles. The summed E-state index contributed by atoms with van der Waals surface area (Å²) in [6, 6.07) is 5.60. The van der Waals surface area contributed by atoms with Crippen LogP contribution in [0.4, 0.5) is 16.0 Å². The van der Waals surface area contributed by atoms with Gasteiger partial charge in [-0.3, -0.25) is 14.2 Å². The van der Waals surface area contributed by atoms with Crippen LogP contribution in [-0.4, -0.2) is 28.5 Å². The zero-order valence-corrected chi connectivity index (χ0v) is 15.1. The molecule has 0 bridgehead atoms. The fraction of sp³-hybridized carbons (Fsp3) is 0.421. The standard InChI is InChI=1S/C19H23FN4O2/c1-13-10-15(20)6-7-16(13)22-17(25)12-24-18(26)11-14(2)21-19(24)23-8-4-3-5-9-23/h6-7,10-11H,3-5,8-9,12H2,1-2H3,(H,22,25). The Hall–Kier alpha value is -2.70. The molecule has 1 aliphatic rings. The molecule has 1 aromatic carbocycles. The number of aromatic nitrogens is 2. The fourth-order valence-corrected chi connectivity index (χ4v) is 3.19. The Morgan fingerprint density at radius 3 is 2.62 bits per heavy atom. The molecule has 0 saturated carbocycles. The third-order valence-electron chi connectivity index (χ3n) is 4.52. The summed E-state index contributed by atoms with van der Waals surface area (Å²) >= 11 is 0. The molecule has 0 spiro atoms. The lowest BCUT2D eigenvalue weighted by atomic mass is 10.1. The Morgan fingerprint density at radius 2 is 1.92 bits per heavy atom. The summed E-state index contributed by atoms with van der Waals surface area (Å²) in [6.07, 6.45) is 3.26. The van der Waals surface area contributed by atoms with Gasteiger partial charge in [0.05, 0.1) is 0 Å². The number of amides is 1. The topological polar surface area (TPSA) is 67.2 Å². The summed E-state index contributed by atoms with van der Waals surface area (Å²) in [7, 11) is 0. The van der Waals surface area contributed by atoms with Gasteiger partial charge in [-0.2, -0.15) is 0 Å². The Morgan fingerprint density at radius 1 is 1.19 bits per heavy atom. The molecule has 138 valence electrons. The van der Waals surface area contributed by atoms with Crippen LogP contribution < -0.4 is 15.8 Å². The smallest absolute Gasteiger partial charge is 0.255 e. The molecular formula is C19H23FN4O2. The highest BCUT2D eigenvalue weighted by Gasteiger charge is 2.19. The molecular weight excluding hydrogens is 335 g/mol. The van der Waals surface area contributed by atoms with Gasteiger partial charge in [-0.05, 0) is 56.9 Å². The zero-order chi connectivity index (χ0) is 18.7. The second kappa shape index (κ2) is 7.68. The number of benzene rings is 1. The number of carbonyl (C=O) groups excluding carboxylic acids is 1. The number of halogens is 1. The van der Waals surface area contributed by atoms with Gasteiger partial charge in [-0.1, -0.05) is 0 Å². The SMILES string of the molecule is Cc1cc(=O)n(CC(=O)Nc2ccc(F)cc2C)c(N2CCCCC2)n1. The van der Waals surface area contributed by atoms with E-state index < -0.39 is 0 Å². The fourth-order valence-electron chi connectivity index (χ4n) is 3.19. The van der Waals surface area contributed by atoms with Crippen molar-refractivity contribution >= 4 is 17.5 Å². The van der Waals surface area contributed by atoms with E-state index in [0.717, 1.165) is 32.4 Å². The van der Waals surface area contributed by atoms with Gasteiger partial charge in [0.2, 0.25) is 11.9 Å². The van der Waals surface area contributed by atoms with Crippen molar-refractivity contribution < 1.29 is 9.18 Å². The summed E-state index contributed by atoms with van der Waals surface area (Å²) in [5, 5.41) is 2.75. The van der Waals surface area contributed by atoms with Crippen LogP contribution in [0.15, 0.2) is 29.1 Å². The van der Waals surface area contributed by atoms with Crippen molar-refractivity contribution in [3.8, 4) is 0 Å². The maximum absolute atomic E-state index is 13.2. The normalized spacial score (nSPS) is 14.3. The van der Waals surface area contributed by atoms with E-state index in [1.165, 1.54) is 28.8 Å². The van der Waals surface area contributed by atoms with Crippen LogP contribution in [0.5, 0.6) is 0 Å². The Bertz CT molecular complexity index is 872. The van der Waals surface area contributed by atoms with E-state index in [2.05, 4.69) is 15.2 Å². The number of hydrogen-bond acceptors (Lipinski definition) is 4. The molecule has 0 aliphatic carbocycles. The first-order valence-electron chi connectivity index (χ1n) is 8.83. The maximum Gasteiger partial charge on any atom is 0.255 e. The number of nitrogens with zero attached hydrogens (tertiary/aromatic N) is 3. The minimum atomic E-state index is -0.355. The predicted octanol–water partition coefficient (Wildman–Crippen LogP) is 2.63. The highest BCUT2D eigenvalue weighted by molar-refractivity contribution is 5.91. The maximum atomic E-state index is 13.2. The first-order valence-corrected chi connectivity index (χ1v) is 8.83. The first-order chi connectivity index (χ1) is 12.4. The molecule has 2 aromatic rings. The number of hydrogen-bond donors (Lipinski definition) is 1. The van der Waals surface area contributed by atoms with Crippen LogP contribution in [0, 0.1) is 19.7 Å². The third kappa shape index (κ3) is 4.09. The van der Waals surface area contributed by atoms with Gasteiger partial charge in [0, 0.05) is 30.5 Å². The summed E-state index contributed by atoms with van der Waals surface area (Å²) in [5.41, 5.74) is 1.55. The van der Waals surface area contributed by atoms with Gasteiger partial charge in [0.15, 0.2) is 0 Å². The lowest BCUT2D eigenvalue weighted by Gasteiger charge is -2.29. The molecule has 1 aromatic heterocycles. The van der Waals surface area contributed by atoms with E-state index in [-0.39, 0.29) is 23.8 Å². The molecule has 0 atom stereocenters. The molecule has 1 aliphatic heterocycles. The van der Waals surface area contributed by atoms with E-state index in [9.17, 15) is 14.0 Å². The minimum absolute atomic E-state index is 0.130. The van der Waals surface area contributed by atoms with Crippen LogP contribution in [-0.2, 0) is 11.3 Å². The lowest BCUT2D eigenvalue weighted by molar-refractivity contribution is -0.116. The van der Waals surface area contributed by atoms with Crippen molar-refractivity contribution in [2.24, 2.45) is 0 Å². The van der Waals surface area contributed by atoms with E-state index in [0.29, 0.717) is 22.9 Å². The number of carbonyl (C=O) groups is 1. The van der Waals surface area contributed by atoms with Crippen LogP contribution in [0.25, 0.3) is 0 Å². The van der Waals surface area contributed by atoms with Crippen molar-refractivity contribution in [2.75, 3.05) is 23.3 Å². The first kappa shape index (κ1) is 18.1. The Balaban J connectivity index is 1.84. The molecule has 1 fully saturated rings. The highest BCUT2D eigenvalue weighted by Crippen LogP contribution is 2.18. The number of anilines is 2. The second-order valence-corrected chi connectivity index (χ2v) is 6.68. The van der Waals surface area contributed by atoms with Crippen LogP contribution in [0.3, 0.4) is 0 Å². The molecule has 6 nitrogen and oxygen atoms in total. The zero-order valence-electron chi connectivity index (χ0n) is 15.1. The van der Waals surface area contributed by atoms with Crippen molar-refractivity contribution in [3.63, 3.8) is 0 Å². The van der Waals surface area contributed by atoms with E-state index in [4.69, 9.17) is 0 Å². The van der Waals surface area contributed by atoms with E-state index in [1.54, 1.807) is 13.8 Å². The predicted molar refractivity (Wildman–Crippen MR) is 99.1 cm³/mol.